The van der Waals surface area contributed by atoms with Crippen LogP contribution in [-0.2, 0) is 0 Å². The van der Waals surface area contributed by atoms with Gasteiger partial charge in [0.15, 0.2) is 0 Å². The maximum absolute atomic E-state index is 12.6. The second-order valence-electron chi connectivity index (χ2n) is 5.55. The molecule has 1 atom stereocenters. The molecule has 2 fully saturated rings. The van der Waals surface area contributed by atoms with Gasteiger partial charge in [-0.15, -0.1) is 0 Å². The fraction of sp³-hybridized carbons (Fsp3) is 0.312. The summed E-state index contributed by atoms with van der Waals surface area (Å²) in [6.07, 6.45) is 4.02. The van der Waals surface area contributed by atoms with Gasteiger partial charge in [0.2, 0.25) is 0 Å². The lowest BCUT2D eigenvalue weighted by Crippen LogP contribution is -2.49. The molecule has 5 nitrogen and oxygen atoms in total. The van der Waals surface area contributed by atoms with Gasteiger partial charge < -0.3 is 14.8 Å². The van der Waals surface area contributed by atoms with Gasteiger partial charge in [-0.1, -0.05) is 6.07 Å². The third kappa shape index (κ3) is 2.10. The maximum Gasteiger partial charge on any atom is 0.324 e. The van der Waals surface area contributed by atoms with E-state index in [2.05, 4.69) is 22.0 Å². The Balaban J connectivity index is 1.65. The molecule has 21 heavy (non-hydrogen) atoms. The number of nitrogens with one attached hydrogen (secondary N) is 1. The van der Waals surface area contributed by atoms with Crippen LogP contribution in [0.15, 0.2) is 48.8 Å². The molecule has 1 N–H and O–H groups in total. The number of hydrogen-bond donors (Lipinski definition) is 1. The highest BCUT2D eigenvalue weighted by Crippen LogP contribution is 2.26. The number of piperazine rings is 1. The van der Waals surface area contributed by atoms with Crippen molar-refractivity contribution in [1.29, 1.82) is 0 Å². The number of urea groups is 1. The molecule has 0 spiro atoms. The van der Waals surface area contributed by atoms with Gasteiger partial charge in [0.05, 0.1) is 6.04 Å². The number of benzene rings is 1. The Hall–Kier alpha value is -2.27. The van der Waals surface area contributed by atoms with Crippen molar-refractivity contribution in [3.05, 3.63) is 48.8 Å². The highest BCUT2D eigenvalue weighted by molar-refractivity contribution is 5.95. The first-order valence-corrected chi connectivity index (χ1v) is 7.35. The molecule has 2 aliphatic heterocycles. The van der Waals surface area contributed by atoms with Gasteiger partial charge in [-0.25, -0.2) is 4.79 Å². The molecule has 2 saturated heterocycles. The summed E-state index contributed by atoms with van der Waals surface area (Å²) >= 11 is 0. The molecule has 0 aliphatic carbocycles. The fourth-order valence-electron chi connectivity index (χ4n) is 3.16. The van der Waals surface area contributed by atoms with Crippen LogP contribution >= 0.6 is 0 Å². The monoisotopic (exact) mass is 282 g/mol. The molecule has 2 amide bonds. The van der Waals surface area contributed by atoms with Crippen molar-refractivity contribution in [2.24, 2.45) is 0 Å². The number of nitrogens with zero attached hydrogens (tertiary/aromatic N) is 3. The van der Waals surface area contributed by atoms with Crippen molar-refractivity contribution in [3.8, 4) is 5.69 Å². The van der Waals surface area contributed by atoms with Gasteiger partial charge in [0, 0.05) is 49.9 Å². The van der Waals surface area contributed by atoms with Crippen molar-refractivity contribution in [2.75, 3.05) is 31.1 Å². The lowest BCUT2D eigenvalue weighted by molar-refractivity contribution is 0.193. The van der Waals surface area contributed by atoms with Crippen LogP contribution < -0.4 is 10.2 Å². The Bertz CT molecular complexity index is 652. The molecule has 1 aromatic heterocycles. The van der Waals surface area contributed by atoms with Crippen LogP contribution in [-0.4, -0.2) is 47.7 Å². The summed E-state index contributed by atoms with van der Waals surface area (Å²) in [4.78, 5) is 16.4. The summed E-state index contributed by atoms with van der Waals surface area (Å²) < 4.78 is 2.05. The van der Waals surface area contributed by atoms with E-state index in [0.29, 0.717) is 6.04 Å². The topological polar surface area (TPSA) is 40.5 Å². The van der Waals surface area contributed by atoms with Crippen molar-refractivity contribution in [2.45, 2.75) is 6.04 Å². The second kappa shape index (κ2) is 4.93. The summed E-state index contributed by atoms with van der Waals surface area (Å²) in [5, 5.41) is 3.36. The predicted octanol–water partition coefficient (Wildman–Crippen LogP) is 1.69. The minimum absolute atomic E-state index is 0.131. The molecule has 3 heterocycles. The van der Waals surface area contributed by atoms with Gasteiger partial charge in [0.25, 0.3) is 0 Å². The van der Waals surface area contributed by atoms with Gasteiger partial charge in [-0.2, -0.15) is 0 Å². The largest absolute Gasteiger partial charge is 0.324 e. The minimum atomic E-state index is 0.131. The van der Waals surface area contributed by atoms with Gasteiger partial charge >= 0.3 is 6.03 Å². The maximum atomic E-state index is 12.6. The van der Waals surface area contributed by atoms with E-state index in [0.717, 1.165) is 37.6 Å². The average Bonchev–Trinajstić information content (AvgIpc) is 3.16. The van der Waals surface area contributed by atoms with Crippen LogP contribution in [0.3, 0.4) is 0 Å². The number of aromatic nitrogens is 1. The third-order valence-electron chi connectivity index (χ3n) is 4.26. The predicted molar refractivity (Wildman–Crippen MR) is 81.9 cm³/mol. The standard InChI is InChI=1S/C16H18N4O/c21-16-19-9-6-17-11-15(19)12-20(16)14-5-3-4-13(10-14)18-7-1-2-8-18/h1-5,7-8,10,15,17H,6,9,11-12H2. The minimum Gasteiger partial charge on any atom is -0.324 e. The number of anilines is 1. The van der Waals surface area contributed by atoms with Crippen molar-refractivity contribution in [1.82, 2.24) is 14.8 Å². The van der Waals surface area contributed by atoms with Crippen LogP contribution in [0, 0.1) is 0 Å². The van der Waals surface area contributed by atoms with Crippen LogP contribution in [0.25, 0.3) is 5.69 Å². The molecule has 4 rings (SSSR count). The Morgan fingerprint density at radius 3 is 2.71 bits per heavy atom. The number of rotatable bonds is 2. The first kappa shape index (κ1) is 12.5. The van der Waals surface area contributed by atoms with E-state index in [-0.39, 0.29) is 6.03 Å². The molecule has 1 aromatic carbocycles. The lowest BCUT2D eigenvalue weighted by atomic mass is 10.2. The number of amides is 2. The molecular formula is C16H18N4O. The Labute approximate surface area is 123 Å². The molecule has 0 bridgehead atoms. The zero-order chi connectivity index (χ0) is 14.2. The van der Waals surface area contributed by atoms with Crippen LogP contribution in [0.2, 0.25) is 0 Å². The van der Waals surface area contributed by atoms with E-state index >= 15 is 0 Å². The third-order valence-corrected chi connectivity index (χ3v) is 4.26. The molecule has 2 aromatic rings. The van der Waals surface area contributed by atoms with Gasteiger partial charge in [-0.3, -0.25) is 4.90 Å². The molecule has 0 radical (unpaired) electrons. The van der Waals surface area contributed by atoms with E-state index in [1.807, 2.05) is 46.5 Å². The van der Waals surface area contributed by atoms with E-state index in [4.69, 9.17) is 0 Å². The van der Waals surface area contributed by atoms with E-state index in [9.17, 15) is 4.79 Å². The summed E-state index contributed by atoms with van der Waals surface area (Å²) in [6, 6.07) is 12.6. The highest BCUT2D eigenvalue weighted by atomic mass is 16.2. The number of fused-ring (bicyclic) bond motifs is 1. The highest BCUT2D eigenvalue weighted by Gasteiger charge is 2.39. The molecular weight excluding hydrogens is 264 g/mol. The van der Waals surface area contributed by atoms with Crippen LogP contribution in [0.1, 0.15) is 0 Å². The number of carbonyl (C=O) groups is 1. The summed E-state index contributed by atoms with van der Waals surface area (Å²) in [5.41, 5.74) is 2.05. The molecule has 1 unspecified atom stereocenters. The zero-order valence-electron chi connectivity index (χ0n) is 11.8. The normalized spacial score (nSPS) is 21.7. The zero-order valence-corrected chi connectivity index (χ0v) is 11.8. The summed E-state index contributed by atoms with van der Waals surface area (Å²) in [5.74, 6) is 0. The van der Waals surface area contributed by atoms with Crippen LogP contribution in [0.5, 0.6) is 0 Å². The Morgan fingerprint density at radius 2 is 1.90 bits per heavy atom. The van der Waals surface area contributed by atoms with Crippen molar-refractivity contribution < 1.29 is 4.79 Å². The molecule has 2 aliphatic rings. The fourth-order valence-corrected chi connectivity index (χ4v) is 3.16. The second-order valence-corrected chi connectivity index (χ2v) is 5.55. The first-order valence-electron chi connectivity index (χ1n) is 7.35. The summed E-state index contributed by atoms with van der Waals surface area (Å²) in [6.45, 7) is 3.34. The number of carbonyl (C=O) groups excluding carboxylic acids is 1. The van der Waals surface area contributed by atoms with E-state index in [1.54, 1.807) is 0 Å². The van der Waals surface area contributed by atoms with Gasteiger partial charge in [0.1, 0.15) is 0 Å². The van der Waals surface area contributed by atoms with Crippen LogP contribution in [0.4, 0.5) is 10.5 Å². The van der Waals surface area contributed by atoms with Gasteiger partial charge in [-0.05, 0) is 30.3 Å². The lowest BCUT2D eigenvalue weighted by Gasteiger charge is -2.28. The van der Waals surface area contributed by atoms with E-state index in [1.165, 1.54) is 0 Å². The SMILES string of the molecule is O=C1N(c2cccc(-n3cccc3)c2)CC2CNCCN12. The quantitative estimate of drug-likeness (QED) is 0.910. The van der Waals surface area contributed by atoms with Crippen molar-refractivity contribution >= 4 is 11.7 Å². The first-order chi connectivity index (χ1) is 10.3. The number of hydrogen-bond acceptors (Lipinski definition) is 2. The molecule has 5 heteroatoms. The molecule has 108 valence electrons. The average molecular weight is 282 g/mol. The van der Waals surface area contributed by atoms with Crippen molar-refractivity contribution in [3.63, 3.8) is 0 Å². The Morgan fingerprint density at radius 1 is 1.10 bits per heavy atom. The Kier molecular flexibility index (Phi) is 2.93. The molecule has 0 saturated carbocycles. The van der Waals surface area contributed by atoms with E-state index < -0.39 is 0 Å². The summed E-state index contributed by atoms with van der Waals surface area (Å²) in [7, 11) is 0. The smallest absolute Gasteiger partial charge is 0.324 e.